The lowest BCUT2D eigenvalue weighted by Crippen LogP contribution is -2.11. The Morgan fingerprint density at radius 2 is 2.06 bits per heavy atom. The fourth-order valence-corrected chi connectivity index (χ4v) is 2.76. The van der Waals surface area contributed by atoms with Crippen LogP contribution in [-0.4, -0.2) is 0 Å². The van der Waals surface area contributed by atoms with Gasteiger partial charge in [-0.25, -0.2) is 4.39 Å². The number of nitrogens with two attached hydrogens (primary N) is 1. The second-order valence-corrected chi connectivity index (χ2v) is 5.29. The third-order valence-corrected chi connectivity index (χ3v) is 4.06. The Morgan fingerprint density at radius 1 is 1.38 bits per heavy atom. The summed E-state index contributed by atoms with van der Waals surface area (Å²) >= 11 is 7.37. The van der Waals surface area contributed by atoms with Crippen LogP contribution in [-0.2, 0) is 0 Å². The quantitative estimate of drug-likeness (QED) is 0.866. The highest BCUT2D eigenvalue weighted by Gasteiger charge is 2.16. The van der Waals surface area contributed by atoms with Gasteiger partial charge in [-0.3, -0.25) is 0 Å². The lowest BCUT2D eigenvalue weighted by atomic mass is 10.1. The minimum absolute atomic E-state index is 0.280. The minimum Gasteiger partial charge on any atom is -0.320 e. The smallest absolute Gasteiger partial charge is 0.128 e. The average molecular weight is 256 g/mol. The predicted molar refractivity (Wildman–Crippen MR) is 66.5 cm³/mol. The van der Waals surface area contributed by atoms with E-state index in [0.717, 1.165) is 10.4 Å². The molecule has 1 unspecified atom stereocenters. The van der Waals surface area contributed by atoms with Gasteiger partial charge >= 0.3 is 0 Å². The van der Waals surface area contributed by atoms with E-state index >= 15 is 0 Å². The molecule has 0 spiro atoms. The highest BCUT2D eigenvalue weighted by molar-refractivity contribution is 7.16. The Labute approximate surface area is 103 Å². The molecule has 0 aliphatic rings. The summed E-state index contributed by atoms with van der Waals surface area (Å²) in [6.45, 7) is 1.91. The van der Waals surface area contributed by atoms with Crippen molar-refractivity contribution in [2.24, 2.45) is 5.73 Å². The highest BCUT2D eigenvalue weighted by Crippen LogP contribution is 2.33. The lowest BCUT2D eigenvalue weighted by Gasteiger charge is -2.10. The maximum atomic E-state index is 13.5. The van der Waals surface area contributed by atoms with Gasteiger partial charge < -0.3 is 5.73 Å². The fourth-order valence-electron chi connectivity index (χ4n) is 1.52. The highest BCUT2D eigenvalue weighted by atomic mass is 35.5. The zero-order chi connectivity index (χ0) is 11.7. The largest absolute Gasteiger partial charge is 0.320 e. The second-order valence-electron chi connectivity index (χ2n) is 3.60. The normalized spacial score (nSPS) is 12.8. The summed E-state index contributed by atoms with van der Waals surface area (Å²) in [7, 11) is 0. The summed E-state index contributed by atoms with van der Waals surface area (Å²) in [5.74, 6) is -0.280. The van der Waals surface area contributed by atoms with Crippen molar-refractivity contribution in [1.82, 2.24) is 0 Å². The molecule has 0 aliphatic carbocycles. The Morgan fingerprint density at radius 3 is 2.62 bits per heavy atom. The molecule has 1 heterocycles. The van der Waals surface area contributed by atoms with Gasteiger partial charge in [0, 0.05) is 10.4 Å². The standard InChI is InChI=1S/C12H11ClFNS/c1-7-6-10(16-12(7)13)11(15)8-4-2-3-5-9(8)14/h2-6,11H,15H2,1H3. The van der Waals surface area contributed by atoms with Crippen molar-refractivity contribution in [3.8, 4) is 0 Å². The molecule has 2 aromatic rings. The van der Waals surface area contributed by atoms with Crippen LogP contribution in [0.1, 0.15) is 22.0 Å². The van der Waals surface area contributed by atoms with E-state index in [1.807, 2.05) is 13.0 Å². The molecule has 0 saturated heterocycles. The van der Waals surface area contributed by atoms with Crippen molar-refractivity contribution < 1.29 is 4.39 Å². The van der Waals surface area contributed by atoms with Crippen LogP contribution in [0.5, 0.6) is 0 Å². The first kappa shape index (κ1) is 11.6. The first-order valence-corrected chi connectivity index (χ1v) is 6.05. The summed E-state index contributed by atoms with van der Waals surface area (Å²) in [5.41, 5.74) is 7.49. The van der Waals surface area contributed by atoms with Crippen LogP contribution in [0, 0.1) is 12.7 Å². The van der Waals surface area contributed by atoms with Crippen LogP contribution < -0.4 is 5.73 Å². The van der Waals surface area contributed by atoms with Crippen LogP contribution in [0.2, 0.25) is 4.34 Å². The molecule has 84 valence electrons. The van der Waals surface area contributed by atoms with E-state index in [2.05, 4.69) is 0 Å². The molecule has 1 atom stereocenters. The maximum absolute atomic E-state index is 13.5. The first-order chi connectivity index (χ1) is 7.59. The Balaban J connectivity index is 2.39. The summed E-state index contributed by atoms with van der Waals surface area (Å²) in [4.78, 5) is 0.882. The van der Waals surface area contributed by atoms with Crippen LogP contribution >= 0.6 is 22.9 Å². The Kier molecular flexibility index (Phi) is 3.28. The molecular formula is C12H11ClFNS. The van der Waals surface area contributed by atoms with E-state index < -0.39 is 6.04 Å². The molecule has 0 fully saturated rings. The summed E-state index contributed by atoms with van der Waals surface area (Å²) < 4.78 is 14.2. The number of thiophene rings is 1. The average Bonchev–Trinajstić information content (AvgIpc) is 2.59. The van der Waals surface area contributed by atoms with E-state index in [9.17, 15) is 4.39 Å². The molecule has 2 N–H and O–H groups in total. The molecule has 2 rings (SSSR count). The Hall–Kier alpha value is -0.900. The molecule has 0 saturated carbocycles. The van der Waals surface area contributed by atoms with Crippen molar-refractivity contribution in [1.29, 1.82) is 0 Å². The number of hydrogen-bond acceptors (Lipinski definition) is 2. The maximum Gasteiger partial charge on any atom is 0.128 e. The van der Waals surface area contributed by atoms with Gasteiger partial charge in [-0.2, -0.15) is 0 Å². The Bertz CT molecular complexity index is 490. The zero-order valence-electron chi connectivity index (χ0n) is 8.71. The van der Waals surface area contributed by atoms with E-state index in [1.165, 1.54) is 17.4 Å². The second kappa shape index (κ2) is 4.53. The molecule has 0 aliphatic heterocycles. The van der Waals surface area contributed by atoms with Crippen molar-refractivity contribution in [3.05, 3.63) is 56.5 Å². The molecule has 0 amide bonds. The molecule has 0 radical (unpaired) electrons. The monoisotopic (exact) mass is 255 g/mol. The van der Waals surface area contributed by atoms with Crippen LogP contribution in [0.15, 0.2) is 30.3 Å². The van der Waals surface area contributed by atoms with Crippen molar-refractivity contribution >= 4 is 22.9 Å². The fraction of sp³-hybridized carbons (Fsp3) is 0.167. The van der Waals surface area contributed by atoms with Gasteiger partial charge in [-0.1, -0.05) is 29.8 Å². The van der Waals surface area contributed by atoms with E-state index in [4.69, 9.17) is 17.3 Å². The van der Waals surface area contributed by atoms with Gasteiger partial charge in [0.2, 0.25) is 0 Å². The van der Waals surface area contributed by atoms with Crippen molar-refractivity contribution in [2.75, 3.05) is 0 Å². The minimum atomic E-state index is -0.447. The van der Waals surface area contributed by atoms with Gasteiger partial charge in [0.25, 0.3) is 0 Å². The van der Waals surface area contributed by atoms with Crippen molar-refractivity contribution in [2.45, 2.75) is 13.0 Å². The van der Waals surface area contributed by atoms with Gasteiger partial charge in [0.05, 0.1) is 10.4 Å². The topological polar surface area (TPSA) is 26.0 Å². The molecule has 0 bridgehead atoms. The molecule has 1 aromatic carbocycles. The molecule has 4 heteroatoms. The SMILES string of the molecule is Cc1cc(C(N)c2ccccc2F)sc1Cl. The molecular weight excluding hydrogens is 245 g/mol. The van der Waals surface area contributed by atoms with Crippen LogP contribution in [0.25, 0.3) is 0 Å². The molecule has 1 nitrogen and oxygen atoms in total. The van der Waals surface area contributed by atoms with E-state index in [0.29, 0.717) is 9.90 Å². The number of hydrogen-bond donors (Lipinski definition) is 1. The van der Waals surface area contributed by atoms with E-state index in [1.54, 1.807) is 18.2 Å². The zero-order valence-corrected chi connectivity index (χ0v) is 10.3. The summed E-state index contributed by atoms with van der Waals surface area (Å²) in [6.07, 6.45) is 0. The van der Waals surface area contributed by atoms with Gasteiger partial charge in [0.15, 0.2) is 0 Å². The number of halogens is 2. The molecule has 16 heavy (non-hydrogen) atoms. The van der Waals surface area contributed by atoms with Gasteiger partial charge in [0.1, 0.15) is 5.82 Å². The van der Waals surface area contributed by atoms with Crippen molar-refractivity contribution in [3.63, 3.8) is 0 Å². The number of rotatable bonds is 2. The third kappa shape index (κ3) is 2.12. The number of aryl methyl sites for hydroxylation is 1. The predicted octanol–water partition coefficient (Wildman–Crippen LogP) is 3.90. The van der Waals surface area contributed by atoms with Gasteiger partial charge in [-0.05, 0) is 24.6 Å². The van der Waals surface area contributed by atoms with Crippen LogP contribution in [0.4, 0.5) is 4.39 Å². The third-order valence-electron chi connectivity index (χ3n) is 2.42. The lowest BCUT2D eigenvalue weighted by molar-refractivity contribution is 0.601. The summed E-state index contributed by atoms with van der Waals surface area (Å²) in [6, 6.07) is 8.00. The van der Waals surface area contributed by atoms with Crippen LogP contribution in [0.3, 0.4) is 0 Å². The van der Waals surface area contributed by atoms with E-state index in [-0.39, 0.29) is 5.82 Å². The van der Waals surface area contributed by atoms with Gasteiger partial charge in [-0.15, -0.1) is 11.3 Å². The molecule has 1 aromatic heterocycles. The summed E-state index contributed by atoms with van der Waals surface area (Å²) in [5, 5.41) is 0. The first-order valence-electron chi connectivity index (χ1n) is 4.85. The number of benzene rings is 1.